The molecule has 3 rings (SSSR count). The van der Waals surface area contributed by atoms with Crippen molar-refractivity contribution in [3.8, 4) is 16.1 Å². The Labute approximate surface area is 107 Å². The van der Waals surface area contributed by atoms with Gasteiger partial charge in [0.25, 0.3) is 0 Å². The van der Waals surface area contributed by atoms with Crippen LogP contribution in [-0.2, 0) is 0 Å². The van der Waals surface area contributed by atoms with Crippen molar-refractivity contribution in [3.05, 3.63) is 35.6 Å². The Morgan fingerprint density at radius 3 is 2.72 bits per heavy atom. The Kier molecular flexibility index (Phi) is 2.44. The number of fused-ring (bicyclic) bond motifs is 1. The van der Waals surface area contributed by atoms with E-state index in [9.17, 15) is 4.39 Å². The van der Waals surface area contributed by atoms with Gasteiger partial charge in [0.15, 0.2) is 0 Å². The zero-order valence-corrected chi connectivity index (χ0v) is 10.7. The molecule has 2 aromatic heterocycles. The van der Waals surface area contributed by atoms with E-state index in [-0.39, 0.29) is 32.0 Å². The van der Waals surface area contributed by atoms with Crippen LogP contribution in [0.15, 0.2) is 28.7 Å². The Morgan fingerprint density at radius 1 is 1.33 bits per heavy atom. The molecule has 0 saturated heterocycles. The number of anilines is 1. The van der Waals surface area contributed by atoms with E-state index in [1.807, 2.05) is 6.07 Å². The average molecular weight is 306 g/mol. The van der Waals surface area contributed by atoms with Crippen LogP contribution in [0.3, 0.4) is 0 Å². The average Bonchev–Trinajstić information content (AvgIpc) is 2.88. The van der Waals surface area contributed by atoms with Crippen LogP contribution >= 0.6 is 0 Å². The van der Waals surface area contributed by atoms with E-state index in [1.54, 1.807) is 12.1 Å². The summed E-state index contributed by atoms with van der Waals surface area (Å²) in [6, 6.07) is 8.08. The molecule has 0 atom stereocenters. The second kappa shape index (κ2) is 3.98. The Balaban J connectivity index is 2.25. The summed E-state index contributed by atoms with van der Waals surface area (Å²) in [5.41, 5.74) is 7.80. The maximum absolute atomic E-state index is 12.9. The minimum absolute atomic E-state index is 0.0846. The van der Waals surface area contributed by atoms with E-state index < -0.39 is 0 Å². The van der Waals surface area contributed by atoms with Gasteiger partial charge < -0.3 is 0 Å². The Morgan fingerprint density at radius 2 is 2.06 bits per heavy atom. The van der Waals surface area contributed by atoms with Crippen LogP contribution in [0.4, 0.5) is 10.3 Å². The summed E-state index contributed by atoms with van der Waals surface area (Å²) in [7, 11) is 0. The van der Waals surface area contributed by atoms with Crippen LogP contribution < -0.4 is 5.73 Å². The molecule has 0 aliphatic carbocycles. The Bertz CT molecular complexity index is 767. The second-order valence-electron chi connectivity index (χ2n) is 3.65. The molecule has 0 spiro atoms. The van der Waals surface area contributed by atoms with Crippen molar-refractivity contribution >= 4 is 31.7 Å². The summed E-state index contributed by atoms with van der Waals surface area (Å²) in [5, 5.41) is 8.96. The van der Waals surface area contributed by atoms with Crippen molar-refractivity contribution in [2.24, 2.45) is 0 Å². The number of nitrogen functional groups attached to an aromatic ring is 1. The molecule has 0 aliphatic heterocycles. The molecule has 88 valence electrons. The zero-order valence-electron chi connectivity index (χ0n) is 8.98. The van der Waals surface area contributed by atoms with Gasteiger partial charge >= 0.3 is 107 Å². The number of halogens is 1. The first-order valence-electron chi connectivity index (χ1n) is 5.04. The molecule has 3 aromatic rings. The molecule has 2 N–H and O–H groups in total. The van der Waals surface area contributed by atoms with Crippen molar-refractivity contribution < 1.29 is 8.81 Å². The van der Waals surface area contributed by atoms with Gasteiger partial charge in [-0.05, 0) is 0 Å². The van der Waals surface area contributed by atoms with Crippen molar-refractivity contribution in [3.63, 3.8) is 0 Å². The summed E-state index contributed by atoms with van der Waals surface area (Å²) in [6.45, 7) is 0. The van der Waals surface area contributed by atoms with Gasteiger partial charge in [-0.1, -0.05) is 0 Å². The second-order valence-corrected chi connectivity index (χ2v) is 5.27. The number of nitriles is 1. The van der Waals surface area contributed by atoms with Crippen molar-refractivity contribution in [1.82, 2.24) is 3.98 Å². The van der Waals surface area contributed by atoms with Crippen LogP contribution in [0, 0.1) is 17.1 Å². The summed E-state index contributed by atoms with van der Waals surface area (Å²) in [6.07, 6.45) is 0. The number of benzene rings is 1. The van der Waals surface area contributed by atoms with Gasteiger partial charge in [-0.25, -0.2) is 0 Å². The number of nitrogens with two attached hydrogens (primary N) is 1. The Hall–Kier alpha value is -2.09. The van der Waals surface area contributed by atoms with E-state index in [0.717, 1.165) is 10.0 Å². The summed E-state index contributed by atoms with van der Waals surface area (Å²) in [4.78, 5) is 0. The molecule has 0 saturated carbocycles. The standard InChI is InChI=1S/C12H6FN3OSe/c13-7-3-1-6(2-4-7)11-10-9(16-18-11)8(5-14)12(15)17-10/h1-4H,15H2. The first kappa shape index (κ1) is 11.0. The minimum atomic E-state index is -0.293. The summed E-state index contributed by atoms with van der Waals surface area (Å²) < 4.78 is 23.5. The van der Waals surface area contributed by atoms with Crippen LogP contribution in [0.5, 0.6) is 0 Å². The predicted molar refractivity (Wildman–Crippen MR) is 65.5 cm³/mol. The SMILES string of the molecule is N#Cc1c(N)oc2c(-c3ccc(F)cc3)[se]nc12. The first-order chi connectivity index (χ1) is 8.70. The maximum atomic E-state index is 12.9. The van der Waals surface area contributed by atoms with Gasteiger partial charge in [0.1, 0.15) is 0 Å². The van der Waals surface area contributed by atoms with Crippen molar-refractivity contribution in [2.45, 2.75) is 0 Å². The van der Waals surface area contributed by atoms with Crippen molar-refractivity contribution in [2.75, 3.05) is 5.73 Å². The molecule has 0 radical (unpaired) electrons. The molecular formula is C12H6FN3OSe. The predicted octanol–water partition coefficient (Wildman–Crippen LogP) is 2.14. The summed E-state index contributed by atoms with van der Waals surface area (Å²) in [5.74, 6) is -0.208. The van der Waals surface area contributed by atoms with Gasteiger partial charge in [0.05, 0.1) is 0 Å². The third-order valence-corrected chi connectivity index (χ3v) is 4.40. The molecule has 2 heterocycles. The summed E-state index contributed by atoms with van der Waals surface area (Å²) >= 11 is -0.175. The van der Waals surface area contributed by atoms with E-state index >= 15 is 0 Å². The molecule has 18 heavy (non-hydrogen) atoms. The molecule has 0 bridgehead atoms. The molecule has 0 unspecified atom stereocenters. The fraction of sp³-hybridized carbons (Fsp3) is 0. The quantitative estimate of drug-likeness (QED) is 0.699. The zero-order chi connectivity index (χ0) is 12.7. The van der Waals surface area contributed by atoms with Gasteiger partial charge in [0.2, 0.25) is 0 Å². The third kappa shape index (κ3) is 1.53. The topological polar surface area (TPSA) is 75.8 Å². The number of nitrogens with zero attached hydrogens (tertiary/aromatic N) is 2. The van der Waals surface area contributed by atoms with Gasteiger partial charge in [-0.3, -0.25) is 0 Å². The first-order valence-corrected chi connectivity index (χ1v) is 6.66. The molecule has 0 amide bonds. The number of hydrogen-bond donors (Lipinski definition) is 1. The van der Waals surface area contributed by atoms with Gasteiger partial charge in [-0.15, -0.1) is 0 Å². The van der Waals surface area contributed by atoms with Crippen LogP contribution in [0.25, 0.3) is 21.1 Å². The number of hydrogen-bond acceptors (Lipinski definition) is 4. The molecule has 0 fully saturated rings. The fourth-order valence-corrected chi connectivity index (χ4v) is 3.43. The molecule has 6 heteroatoms. The number of rotatable bonds is 1. The third-order valence-electron chi connectivity index (χ3n) is 2.56. The van der Waals surface area contributed by atoms with E-state index in [1.165, 1.54) is 12.1 Å². The number of furan rings is 1. The fourth-order valence-electron chi connectivity index (χ4n) is 1.71. The van der Waals surface area contributed by atoms with Crippen LogP contribution in [0.1, 0.15) is 5.56 Å². The van der Waals surface area contributed by atoms with Crippen LogP contribution in [-0.4, -0.2) is 18.7 Å². The number of aromatic nitrogens is 1. The normalized spacial score (nSPS) is 10.7. The van der Waals surface area contributed by atoms with Gasteiger partial charge in [0, 0.05) is 0 Å². The van der Waals surface area contributed by atoms with E-state index in [2.05, 4.69) is 3.98 Å². The van der Waals surface area contributed by atoms with E-state index in [4.69, 9.17) is 15.4 Å². The molecule has 1 aromatic carbocycles. The molecule has 4 nitrogen and oxygen atoms in total. The van der Waals surface area contributed by atoms with Crippen LogP contribution in [0.2, 0.25) is 0 Å². The molecule has 0 aliphatic rings. The molecular weight excluding hydrogens is 300 g/mol. The van der Waals surface area contributed by atoms with Gasteiger partial charge in [-0.2, -0.15) is 0 Å². The van der Waals surface area contributed by atoms with E-state index in [0.29, 0.717) is 11.1 Å². The monoisotopic (exact) mass is 307 g/mol. The van der Waals surface area contributed by atoms with Crippen molar-refractivity contribution in [1.29, 1.82) is 5.26 Å².